The molecule has 12 heavy (non-hydrogen) atoms. The summed E-state index contributed by atoms with van der Waals surface area (Å²) in [5.74, 6) is -0.952. The number of aromatic nitrogens is 1. The molecule has 4 heteroatoms. The Kier molecular flexibility index (Phi) is 3.22. The first kappa shape index (κ1) is 8.67. The maximum Gasteiger partial charge on any atom is 0.329 e. The lowest BCUT2D eigenvalue weighted by molar-refractivity contribution is -0.732. The first-order chi connectivity index (χ1) is 5.79. The van der Waals surface area contributed by atoms with Gasteiger partial charge in [-0.2, -0.15) is 4.57 Å². The Hall–Kier alpha value is -1.42. The molecule has 0 bridgehead atoms. The van der Waals surface area contributed by atoms with Crippen LogP contribution in [0.25, 0.3) is 0 Å². The van der Waals surface area contributed by atoms with Gasteiger partial charge in [-0.1, -0.05) is 6.07 Å². The van der Waals surface area contributed by atoms with Crippen LogP contribution >= 0.6 is 0 Å². The van der Waals surface area contributed by atoms with Crippen LogP contribution < -0.4 is 4.57 Å². The zero-order valence-corrected chi connectivity index (χ0v) is 6.51. The number of carboxylic acids is 1. The van der Waals surface area contributed by atoms with Crippen molar-refractivity contribution in [3.8, 4) is 0 Å². The summed E-state index contributed by atoms with van der Waals surface area (Å²) in [5, 5.41) is 8.26. The van der Waals surface area contributed by atoms with Crippen molar-refractivity contribution in [2.75, 3.05) is 6.61 Å². The second-order valence-corrected chi connectivity index (χ2v) is 2.26. The van der Waals surface area contributed by atoms with Crippen molar-refractivity contribution in [2.24, 2.45) is 0 Å². The summed E-state index contributed by atoms with van der Waals surface area (Å²) in [7, 11) is 0. The third kappa shape index (κ3) is 3.12. The van der Waals surface area contributed by atoms with Gasteiger partial charge in [0.2, 0.25) is 0 Å². The van der Waals surface area contributed by atoms with E-state index < -0.39 is 5.97 Å². The first-order valence-corrected chi connectivity index (χ1v) is 3.52. The van der Waals surface area contributed by atoms with E-state index in [2.05, 4.69) is 0 Å². The van der Waals surface area contributed by atoms with Crippen LogP contribution in [0.4, 0.5) is 0 Å². The number of nitrogens with zero attached hydrogens (tertiary/aromatic N) is 1. The molecular weight excluding hydrogens is 158 g/mol. The van der Waals surface area contributed by atoms with Gasteiger partial charge in [0.1, 0.15) is 0 Å². The van der Waals surface area contributed by atoms with E-state index in [1.807, 2.05) is 30.6 Å². The minimum atomic E-state index is -0.952. The van der Waals surface area contributed by atoms with Gasteiger partial charge in [-0.3, -0.25) is 0 Å². The van der Waals surface area contributed by atoms with E-state index in [9.17, 15) is 4.79 Å². The first-order valence-electron chi connectivity index (χ1n) is 3.52. The average Bonchev–Trinajstić information content (AvgIpc) is 2.05. The van der Waals surface area contributed by atoms with Gasteiger partial charge < -0.3 is 9.84 Å². The van der Waals surface area contributed by atoms with Crippen LogP contribution in [0, 0.1) is 0 Å². The number of carbonyl (C=O) groups is 1. The molecule has 0 radical (unpaired) electrons. The molecule has 1 aromatic heterocycles. The van der Waals surface area contributed by atoms with E-state index in [4.69, 9.17) is 9.84 Å². The largest absolute Gasteiger partial charge is 0.480 e. The summed E-state index contributed by atoms with van der Waals surface area (Å²) in [6.07, 6.45) is 3.61. The van der Waals surface area contributed by atoms with Crippen LogP contribution in [0.1, 0.15) is 0 Å². The molecule has 0 saturated heterocycles. The zero-order valence-electron chi connectivity index (χ0n) is 6.51. The smallest absolute Gasteiger partial charge is 0.329 e. The number of carboxylic acid groups (broad SMARTS) is 1. The standard InChI is InChI=1S/C8H9NO3/c10-8(11)6-12-7-9-4-2-1-3-5-9/h1-5H,6-7H2/p+1. The molecule has 1 heterocycles. The molecule has 0 spiro atoms. The predicted octanol–water partition coefficient (Wildman–Crippen LogP) is 0.0328. The van der Waals surface area contributed by atoms with E-state index in [-0.39, 0.29) is 13.3 Å². The van der Waals surface area contributed by atoms with Crippen molar-refractivity contribution in [1.82, 2.24) is 0 Å². The van der Waals surface area contributed by atoms with Crippen LogP contribution in [-0.4, -0.2) is 17.7 Å². The fraction of sp³-hybridized carbons (Fsp3) is 0.250. The lowest BCUT2D eigenvalue weighted by atomic mass is 10.5. The van der Waals surface area contributed by atoms with Gasteiger partial charge in [0, 0.05) is 12.1 Å². The lowest BCUT2D eigenvalue weighted by Crippen LogP contribution is -2.34. The van der Waals surface area contributed by atoms with Crippen molar-refractivity contribution in [1.29, 1.82) is 0 Å². The van der Waals surface area contributed by atoms with Crippen LogP contribution in [0.5, 0.6) is 0 Å². The molecule has 1 aromatic rings. The summed E-state index contributed by atoms with van der Waals surface area (Å²) in [4.78, 5) is 10.1. The maximum atomic E-state index is 10.1. The topological polar surface area (TPSA) is 50.4 Å². The zero-order chi connectivity index (χ0) is 8.81. The molecule has 0 atom stereocenters. The summed E-state index contributed by atoms with van der Waals surface area (Å²) < 4.78 is 6.60. The summed E-state index contributed by atoms with van der Waals surface area (Å²) >= 11 is 0. The van der Waals surface area contributed by atoms with Crippen molar-refractivity contribution in [2.45, 2.75) is 6.73 Å². The van der Waals surface area contributed by atoms with Crippen LogP contribution in [0.15, 0.2) is 30.6 Å². The van der Waals surface area contributed by atoms with E-state index in [1.165, 1.54) is 0 Å². The Morgan fingerprint density at radius 3 is 2.58 bits per heavy atom. The van der Waals surface area contributed by atoms with E-state index in [0.29, 0.717) is 0 Å². The minimum absolute atomic E-state index is 0.262. The number of hydrogen-bond donors (Lipinski definition) is 1. The van der Waals surface area contributed by atoms with Crippen molar-refractivity contribution >= 4 is 5.97 Å². The molecule has 0 aliphatic carbocycles. The molecule has 0 aliphatic heterocycles. The summed E-state index contributed by atoms with van der Waals surface area (Å²) in [6.45, 7) is 0.00896. The summed E-state index contributed by atoms with van der Waals surface area (Å²) in [5.41, 5.74) is 0. The highest BCUT2D eigenvalue weighted by atomic mass is 16.5. The Labute approximate surface area is 70.0 Å². The third-order valence-corrected chi connectivity index (χ3v) is 1.24. The fourth-order valence-electron chi connectivity index (χ4n) is 0.759. The number of rotatable bonds is 4. The Bertz CT molecular complexity index is 248. The minimum Gasteiger partial charge on any atom is -0.480 e. The van der Waals surface area contributed by atoms with Gasteiger partial charge in [-0.25, -0.2) is 4.79 Å². The van der Waals surface area contributed by atoms with E-state index >= 15 is 0 Å². The highest BCUT2D eigenvalue weighted by Gasteiger charge is 2.00. The third-order valence-electron chi connectivity index (χ3n) is 1.24. The molecule has 1 rings (SSSR count). The fourth-order valence-corrected chi connectivity index (χ4v) is 0.759. The Morgan fingerprint density at radius 2 is 2.00 bits per heavy atom. The molecular formula is C8H10NO3+. The van der Waals surface area contributed by atoms with Gasteiger partial charge in [0.05, 0.1) is 0 Å². The van der Waals surface area contributed by atoms with Gasteiger partial charge in [0.15, 0.2) is 19.0 Å². The second-order valence-electron chi connectivity index (χ2n) is 2.26. The molecule has 0 saturated carbocycles. The van der Waals surface area contributed by atoms with Gasteiger partial charge in [-0.05, 0) is 0 Å². The summed E-state index contributed by atoms with van der Waals surface area (Å²) in [6, 6.07) is 5.59. The highest BCUT2D eigenvalue weighted by molar-refractivity contribution is 5.67. The molecule has 0 unspecified atom stereocenters. The van der Waals surface area contributed by atoms with Gasteiger partial charge in [0.25, 0.3) is 6.73 Å². The molecule has 0 aliphatic rings. The van der Waals surface area contributed by atoms with Gasteiger partial charge in [-0.15, -0.1) is 0 Å². The van der Waals surface area contributed by atoms with Gasteiger partial charge >= 0.3 is 5.97 Å². The molecule has 0 fully saturated rings. The van der Waals surface area contributed by atoms with E-state index in [1.54, 1.807) is 4.57 Å². The van der Waals surface area contributed by atoms with E-state index in [0.717, 1.165) is 0 Å². The Balaban J connectivity index is 2.29. The normalized spacial score (nSPS) is 9.67. The molecule has 64 valence electrons. The molecule has 0 aromatic carbocycles. The Morgan fingerprint density at radius 1 is 1.33 bits per heavy atom. The number of aliphatic carboxylic acids is 1. The predicted molar refractivity (Wildman–Crippen MR) is 40.2 cm³/mol. The van der Waals surface area contributed by atoms with Crippen molar-refractivity contribution < 1.29 is 19.2 Å². The number of hydrogen-bond acceptors (Lipinski definition) is 2. The van der Waals surface area contributed by atoms with Crippen LogP contribution in [0.3, 0.4) is 0 Å². The average molecular weight is 168 g/mol. The van der Waals surface area contributed by atoms with Crippen LogP contribution in [0.2, 0.25) is 0 Å². The molecule has 1 N–H and O–H groups in total. The molecule has 4 nitrogen and oxygen atoms in total. The van der Waals surface area contributed by atoms with Crippen molar-refractivity contribution in [3.63, 3.8) is 0 Å². The second kappa shape index (κ2) is 4.46. The van der Waals surface area contributed by atoms with Crippen LogP contribution in [-0.2, 0) is 16.3 Å². The number of pyridine rings is 1. The SMILES string of the molecule is O=C(O)COC[n+]1ccccc1. The quantitative estimate of drug-likeness (QED) is 0.645. The molecule has 0 amide bonds. The van der Waals surface area contributed by atoms with Crippen molar-refractivity contribution in [3.05, 3.63) is 30.6 Å². The monoisotopic (exact) mass is 168 g/mol. The number of ether oxygens (including phenoxy) is 1. The lowest BCUT2D eigenvalue weighted by Gasteiger charge is -1.95. The highest BCUT2D eigenvalue weighted by Crippen LogP contribution is 1.78. The maximum absolute atomic E-state index is 10.1.